The van der Waals surface area contributed by atoms with Crippen LogP contribution in [-0.2, 0) is 80.5 Å². The van der Waals surface area contributed by atoms with Crippen LogP contribution in [0.3, 0.4) is 0 Å². The third kappa shape index (κ3) is 18.2. The molecule has 5 aliphatic rings. The Balaban J connectivity index is 0.000000273. The minimum atomic E-state index is -2.04. The fourth-order valence-corrected chi connectivity index (χ4v) is 16.5. The van der Waals surface area contributed by atoms with E-state index in [4.69, 9.17) is 52.2 Å². The predicted molar refractivity (Wildman–Crippen MR) is 384 cm³/mol. The van der Waals surface area contributed by atoms with Gasteiger partial charge in [0.25, 0.3) is 23.4 Å². The number of nitrogens with zero attached hydrogens (tertiary/aromatic N) is 1. The summed E-state index contributed by atoms with van der Waals surface area (Å²) in [6.07, 6.45) is 19.2. The summed E-state index contributed by atoms with van der Waals surface area (Å²) in [5.41, 5.74) is 0.147. The molecule has 0 spiro atoms. The minimum absolute atomic E-state index is 0.0772. The van der Waals surface area contributed by atoms with Gasteiger partial charge in [0.1, 0.15) is 11.5 Å². The molecule has 0 radical (unpaired) electrons. The van der Waals surface area contributed by atoms with Gasteiger partial charge in [-0.2, -0.15) is 9.78 Å². The van der Waals surface area contributed by atoms with Gasteiger partial charge in [0.15, 0.2) is 11.2 Å². The number of imide groups is 1. The summed E-state index contributed by atoms with van der Waals surface area (Å²) in [5, 5.41) is 3.84. The molecule has 8 rings (SSSR count). The second-order valence-corrected chi connectivity index (χ2v) is 43.2. The fourth-order valence-electron chi connectivity index (χ4n) is 14.4. The summed E-state index contributed by atoms with van der Waals surface area (Å²) in [4.78, 5) is 76.5. The highest BCUT2D eigenvalue weighted by molar-refractivity contribution is 6.75. The number of rotatable bonds is 38. The zero-order valence-corrected chi connectivity index (χ0v) is 64.9. The molecular weight excluding hydrogens is 1260 g/mol. The van der Waals surface area contributed by atoms with Gasteiger partial charge < -0.3 is 38.0 Å². The summed E-state index contributed by atoms with van der Waals surface area (Å²) < 4.78 is 39.1. The molecule has 5 saturated heterocycles. The predicted octanol–water partition coefficient (Wildman–Crippen LogP) is 18.0. The maximum Gasteiger partial charge on any atom is 0.333 e. The lowest BCUT2D eigenvalue weighted by Crippen LogP contribution is -2.74. The molecule has 97 heavy (non-hydrogen) atoms. The number of hydroxylamine groups is 2. The first kappa shape index (κ1) is 79.8. The average molecular weight is 1390 g/mol. The SMILES string of the molecule is CC(C)(COCCCCCCCCCCC(=O)NCCc1ccccc1)C12OOC1(c1cccc(O[Si](C)(C)C(C)(C)C)c1)OCC2(C)C.CC(C)(COCCCCCCCCCCC(=O)ON1C(=O)CCC1=O)C12OOC1(c1cccc(O[Si](C)(C)C(C)(C)C)c1)OCC2(C)C. The third-order valence-electron chi connectivity index (χ3n) is 21.9. The van der Waals surface area contributed by atoms with Gasteiger partial charge in [-0.3, -0.25) is 14.4 Å². The Morgan fingerprint density at radius 3 is 1.29 bits per heavy atom. The first-order valence-electron chi connectivity index (χ1n) is 36.6. The Morgan fingerprint density at radius 2 is 0.897 bits per heavy atom. The Bertz CT molecular complexity index is 3030. The van der Waals surface area contributed by atoms with Gasteiger partial charge in [0.2, 0.25) is 22.5 Å². The van der Waals surface area contributed by atoms with Crippen LogP contribution in [0.25, 0.3) is 0 Å². The molecule has 5 aliphatic heterocycles. The molecule has 3 aromatic rings. The first-order chi connectivity index (χ1) is 45.5. The molecular formula is C78H124N2O15Si2. The molecule has 5 heterocycles. The second kappa shape index (κ2) is 33.1. The first-order valence-corrected chi connectivity index (χ1v) is 42.4. The largest absolute Gasteiger partial charge is 0.543 e. The lowest BCUT2D eigenvalue weighted by molar-refractivity contribution is -0.628. The van der Waals surface area contributed by atoms with Gasteiger partial charge in [0.05, 0.1) is 26.4 Å². The number of hydrogen-bond acceptors (Lipinski definition) is 15. The zero-order valence-electron chi connectivity index (χ0n) is 62.9. The molecule has 3 amide bonds. The second-order valence-electron chi connectivity index (χ2n) is 33.7. The maximum absolute atomic E-state index is 12.1. The van der Waals surface area contributed by atoms with Crippen LogP contribution in [-0.4, -0.2) is 103 Å². The Kier molecular flexibility index (Phi) is 27.2. The lowest BCUT2D eigenvalue weighted by Gasteiger charge is -2.61. The summed E-state index contributed by atoms with van der Waals surface area (Å²) in [5.74, 6) is -1.63. The normalized spacial score (nSPS) is 23.0. The standard InChI is InChI=1S/C41H65NO6Si.C37H59NO9Si/c1-37(2,3)49(8,9)46-35-25-21-24-34(30-35)40-41(48-47-40,39(6,7)32-45-40)38(4,5)31-44-29-20-15-13-11-10-12-14-19-26-36(43)42-28-27-33-22-17-16-18-23-33;1-33(2,3)48(8,9)45-29-20-18-19-28(25-29)36-37(47-46-36,35(6,7)27-43-36)34(4,5)26-42-24-17-15-13-11-10-12-14-16-21-32(41)44-38-30(39)22-23-31(38)40/h16-18,21-25,30H,10-15,19-20,26-29,31-32H2,1-9H3,(H,42,43);18-20,25H,10-17,21-24,26-27H2,1-9H3. The zero-order chi connectivity index (χ0) is 71.3. The number of carbonyl (C=O) groups is 4. The number of benzene rings is 3. The maximum atomic E-state index is 12.1. The molecule has 3 aromatic carbocycles. The number of nitrogens with one attached hydrogen (secondary N) is 1. The van der Waals surface area contributed by atoms with E-state index in [9.17, 15) is 19.2 Å². The van der Waals surface area contributed by atoms with Gasteiger partial charge in [-0.05, 0) is 98.2 Å². The molecule has 5 fully saturated rings. The summed E-state index contributed by atoms with van der Waals surface area (Å²) >= 11 is 0. The highest BCUT2D eigenvalue weighted by Gasteiger charge is 2.83. The molecule has 1 N–H and O–H groups in total. The van der Waals surface area contributed by atoms with Gasteiger partial charge in [-0.1, -0.05) is 229 Å². The Labute approximate surface area is 584 Å². The Hall–Kier alpha value is -4.55. The van der Waals surface area contributed by atoms with Crippen LogP contribution >= 0.6 is 0 Å². The molecule has 19 heteroatoms. The number of hydrogen-bond donors (Lipinski definition) is 1. The van der Waals surface area contributed by atoms with Crippen molar-refractivity contribution in [3.8, 4) is 11.5 Å². The van der Waals surface area contributed by atoms with Crippen molar-refractivity contribution in [2.75, 3.05) is 46.2 Å². The van der Waals surface area contributed by atoms with E-state index >= 15 is 0 Å². The van der Waals surface area contributed by atoms with Crippen molar-refractivity contribution in [3.63, 3.8) is 0 Å². The van der Waals surface area contributed by atoms with E-state index < -0.39 is 62.6 Å². The van der Waals surface area contributed by atoms with Crippen LogP contribution in [0.5, 0.6) is 11.5 Å². The van der Waals surface area contributed by atoms with Crippen LogP contribution in [0.1, 0.15) is 242 Å². The fraction of sp³-hybridized carbons (Fsp3) is 0.718. The lowest BCUT2D eigenvalue weighted by atomic mass is 9.57. The smallest absolute Gasteiger partial charge is 0.333 e. The van der Waals surface area contributed by atoms with Crippen molar-refractivity contribution in [3.05, 3.63) is 95.6 Å². The van der Waals surface area contributed by atoms with E-state index in [2.05, 4.69) is 159 Å². The van der Waals surface area contributed by atoms with Crippen molar-refractivity contribution in [2.24, 2.45) is 21.7 Å². The van der Waals surface area contributed by atoms with Crippen LogP contribution in [0.4, 0.5) is 0 Å². The van der Waals surface area contributed by atoms with Crippen molar-refractivity contribution in [2.45, 2.75) is 291 Å². The third-order valence-corrected chi connectivity index (χ3v) is 30.6. The van der Waals surface area contributed by atoms with Crippen LogP contribution in [0.15, 0.2) is 78.9 Å². The van der Waals surface area contributed by atoms with E-state index in [-0.39, 0.29) is 51.5 Å². The number of fused-ring (bicyclic) bond motifs is 2. The molecule has 4 atom stereocenters. The van der Waals surface area contributed by atoms with E-state index in [1.165, 1.54) is 31.2 Å². The molecule has 0 bridgehead atoms. The molecule has 4 unspecified atom stereocenters. The van der Waals surface area contributed by atoms with Crippen LogP contribution < -0.4 is 14.2 Å². The van der Waals surface area contributed by atoms with Crippen molar-refractivity contribution in [1.29, 1.82) is 0 Å². The number of unbranched alkanes of at least 4 members (excludes halogenated alkanes) is 14. The number of amides is 3. The van der Waals surface area contributed by atoms with Gasteiger partial charge in [0, 0.05) is 78.2 Å². The summed E-state index contributed by atoms with van der Waals surface area (Å²) in [7, 11) is -4.06. The van der Waals surface area contributed by atoms with Gasteiger partial charge in [-0.25, -0.2) is 14.6 Å². The van der Waals surface area contributed by atoms with E-state index in [1.807, 2.05) is 48.5 Å². The molecule has 0 aromatic heterocycles. The summed E-state index contributed by atoms with van der Waals surface area (Å²) in [6, 6.07) is 26.6. The highest BCUT2D eigenvalue weighted by Crippen LogP contribution is 2.71. The van der Waals surface area contributed by atoms with Gasteiger partial charge in [-0.15, -0.1) is 5.06 Å². The summed E-state index contributed by atoms with van der Waals surface area (Å²) in [6.45, 7) is 44.2. The Morgan fingerprint density at radius 1 is 0.505 bits per heavy atom. The van der Waals surface area contributed by atoms with Crippen LogP contribution in [0, 0.1) is 21.7 Å². The topological polar surface area (TPSA) is 185 Å². The van der Waals surface area contributed by atoms with E-state index in [1.54, 1.807) is 0 Å². The van der Waals surface area contributed by atoms with E-state index in [0.717, 1.165) is 106 Å². The van der Waals surface area contributed by atoms with Gasteiger partial charge >= 0.3 is 5.97 Å². The molecule has 0 aliphatic carbocycles. The molecule has 17 nitrogen and oxygen atoms in total. The van der Waals surface area contributed by atoms with Crippen molar-refractivity contribution < 1.29 is 71.4 Å². The van der Waals surface area contributed by atoms with Crippen LogP contribution in [0.2, 0.25) is 36.3 Å². The number of ether oxygens (including phenoxy) is 4. The number of carbonyl (C=O) groups excluding carboxylic acids is 4. The quantitative estimate of drug-likeness (QED) is 0.0247. The average Bonchev–Trinajstić information content (AvgIpc) is 1.57. The minimum Gasteiger partial charge on any atom is -0.543 e. The van der Waals surface area contributed by atoms with Crippen molar-refractivity contribution >= 4 is 40.3 Å². The monoisotopic (exact) mass is 1380 g/mol. The van der Waals surface area contributed by atoms with E-state index in [0.29, 0.717) is 57.5 Å². The molecule has 0 saturated carbocycles. The highest BCUT2D eigenvalue weighted by atomic mass is 28.4. The molecule has 544 valence electrons. The van der Waals surface area contributed by atoms with Crippen molar-refractivity contribution in [1.82, 2.24) is 10.4 Å².